The molecule has 4 nitrogen and oxygen atoms in total. The predicted molar refractivity (Wildman–Crippen MR) is 169 cm³/mol. The van der Waals surface area contributed by atoms with Gasteiger partial charge in [0.15, 0.2) is 0 Å². The zero-order chi connectivity index (χ0) is 27.8. The van der Waals surface area contributed by atoms with Crippen LogP contribution in [0.3, 0.4) is 0 Å². The number of hydrogen-bond donors (Lipinski definition) is 3. The quantitative estimate of drug-likeness (QED) is 0.0877. The number of ether oxygens (including phenoxy) is 1. The Balaban J connectivity index is 1.58. The van der Waals surface area contributed by atoms with E-state index in [0.717, 1.165) is 24.1 Å². The highest BCUT2D eigenvalue weighted by Gasteiger charge is 2.18. The second kappa shape index (κ2) is 23.0. The van der Waals surface area contributed by atoms with E-state index in [2.05, 4.69) is 60.8 Å². The van der Waals surface area contributed by atoms with E-state index in [1.165, 1.54) is 108 Å². The van der Waals surface area contributed by atoms with Gasteiger partial charge in [0.2, 0.25) is 0 Å². The summed E-state index contributed by atoms with van der Waals surface area (Å²) in [6, 6.07) is 19.3. The molecule has 0 bridgehead atoms. The molecule has 0 amide bonds. The largest absolute Gasteiger partial charge is 0.350 e. The molecule has 39 heavy (non-hydrogen) atoms. The lowest BCUT2D eigenvalue weighted by Gasteiger charge is -2.24. The molecule has 0 aliphatic rings. The Morgan fingerprint density at radius 3 is 1.64 bits per heavy atom. The zero-order valence-corrected chi connectivity index (χ0v) is 25.1. The normalized spacial score (nSPS) is 13.0. The van der Waals surface area contributed by atoms with Gasteiger partial charge in [0, 0.05) is 19.6 Å². The Bertz CT molecular complexity index is 795. The number of unbranched alkanes of at least 4 members (excludes halogenated alkanes) is 15. The maximum absolute atomic E-state index is 6.28. The van der Waals surface area contributed by atoms with E-state index in [4.69, 9.17) is 16.2 Å². The van der Waals surface area contributed by atoms with Crippen LogP contribution in [-0.2, 0) is 11.2 Å². The summed E-state index contributed by atoms with van der Waals surface area (Å²) in [5.74, 6) is 0. The van der Waals surface area contributed by atoms with E-state index < -0.39 is 6.23 Å². The van der Waals surface area contributed by atoms with Crippen LogP contribution in [0.15, 0.2) is 54.6 Å². The lowest BCUT2D eigenvalue weighted by Crippen LogP contribution is -2.39. The van der Waals surface area contributed by atoms with Crippen LogP contribution in [0.4, 0.5) is 0 Å². The molecule has 0 aliphatic heterocycles. The van der Waals surface area contributed by atoms with Gasteiger partial charge < -0.3 is 21.5 Å². The first-order valence-electron chi connectivity index (χ1n) is 16.2. The van der Waals surface area contributed by atoms with Crippen LogP contribution in [0.1, 0.15) is 132 Å². The molecular formula is C35H59N3O. The van der Waals surface area contributed by atoms with Crippen molar-refractivity contribution in [2.75, 3.05) is 19.6 Å². The second-order valence-corrected chi connectivity index (χ2v) is 11.3. The molecule has 0 radical (unpaired) electrons. The Labute approximate surface area is 240 Å². The van der Waals surface area contributed by atoms with Gasteiger partial charge in [-0.05, 0) is 29.5 Å². The average Bonchev–Trinajstić information content (AvgIpc) is 2.97. The van der Waals surface area contributed by atoms with Crippen molar-refractivity contribution in [2.24, 2.45) is 11.5 Å². The highest BCUT2D eigenvalue weighted by atomic mass is 16.5. The van der Waals surface area contributed by atoms with Gasteiger partial charge in [-0.2, -0.15) is 0 Å². The van der Waals surface area contributed by atoms with Crippen molar-refractivity contribution in [3.63, 3.8) is 0 Å². The molecule has 5 N–H and O–H groups in total. The van der Waals surface area contributed by atoms with Gasteiger partial charge in [0.25, 0.3) is 0 Å². The standard InChI is InChI=1S/C35H59N3O/c1-2-3-4-5-6-7-8-9-10-11-12-13-14-15-16-18-21-31-24-26-33(27-25-31)35(32-22-19-17-20-23-32)39-34(37)30-38-29-28-36/h17,19-20,22-27,34-35,38H,2-16,18,21,28-30,36-37H2,1H3. The number of aryl methyl sites for hydroxylation is 1. The lowest BCUT2D eigenvalue weighted by molar-refractivity contribution is 0.0128. The van der Waals surface area contributed by atoms with Gasteiger partial charge in [-0.3, -0.25) is 0 Å². The summed E-state index contributed by atoms with van der Waals surface area (Å²) in [4.78, 5) is 0. The van der Waals surface area contributed by atoms with E-state index in [-0.39, 0.29) is 6.10 Å². The smallest absolute Gasteiger partial charge is 0.119 e. The summed E-state index contributed by atoms with van der Waals surface area (Å²) >= 11 is 0. The summed E-state index contributed by atoms with van der Waals surface area (Å²) in [6.07, 6.45) is 23.1. The van der Waals surface area contributed by atoms with Crippen LogP contribution in [0.25, 0.3) is 0 Å². The van der Waals surface area contributed by atoms with Gasteiger partial charge in [-0.1, -0.05) is 158 Å². The fourth-order valence-electron chi connectivity index (χ4n) is 5.28. The Morgan fingerprint density at radius 1 is 0.641 bits per heavy atom. The number of rotatable bonds is 25. The maximum atomic E-state index is 6.28. The number of benzene rings is 2. The van der Waals surface area contributed by atoms with Gasteiger partial charge >= 0.3 is 0 Å². The number of nitrogens with two attached hydrogens (primary N) is 2. The molecule has 2 aromatic rings. The Morgan fingerprint density at radius 2 is 1.13 bits per heavy atom. The van der Waals surface area contributed by atoms with Crippen molar-refractivity contribution >= 4 is 0 Å². The third kappa shape index (κ3) is 16.2. The average molecular weight is 538 g/mol. The van der Waals surface area contributed by atoms with Crippen LogP contribution in [0.2, 0.25) is 0 Å². The van der Waals surface area contributed by atoms with E-state index in [1.807, 2.05) is 6.07 Å². The molecule has 4 heteroatoms. The van der Waals surface area contributed by atoms with E-state index in [1.54, 1.807) is 0 Å². The number of hydrogen-bond acceptors (Lipinski definition) is 4. The van der Waals surface area contributed by atoms with E-state index >= 15 is 0 Å². The molecule has 2 atom stereocenters. The summed E-state index contributed by atoms with van der Waals surface area (Å²) in [5, 5.41) is 3.24. The molecule has 0 aromatic heterocycles. The molecule has 0 saturated heterocycles. The second-order valence-electron chi connectivity index (χ2n) is 11.3. The first-order chi connectivity index (χ1) is 19.2. The molecule has 0 aliphatic carbocycles. The molecule has 2 aromatic carbocycles. The molecule has 0 spiro atoms. The van der Waals surface area contributed by atoms with Crippen LogP contribution in [0, 0.1) is 0 Å². The van der Waals surface area contributed by atoms with Gasteiger partial charge in [0.1, 0.15) is 12.3 Å². The molecule has 0 saturated carbocycles. The Hall–Kier alpha value is -1.72. The first kappa shape index (κ1) is 33.5. The fourth-order valence-corrected chi connectivity index (χ4v) is 5.28. The lowest BCUT2D eigenvalue weighted by atomic mass is 9.98. The highest BCUT2D eigenvalue weighted by Crippen LogP contribution is 2.27. The summed E-state index contributed by atoms with van der Waals surface area (Å²) < 4.78 is 6.28. The monoisotopic (exact) mass is 537 g/mol. The van der Waals surface area contributed by atoms with Crippen molar-refractivity contribution < 1.29 is 4.74 Å². The summed E-state index contributed by atoms with van der Waals surface area (Å²) in [7, 11) is 0. The van der Waals surface area contributed by atoms with Crippen molar-refractivity contribution in [1.82, 2.24) is 5.32 Å². The fraction of sp³-hybridized carbons (Fsp3) is 0.657. The van der Waals surface area contributed by atoms with Crippen LogP contribution in [-0.4, -0.2) is 25.9 Å². The van der Waals surface area contributed by atoms with E-state index in [9.17, 15) is 0 Å². The zero-order valence-electron chi connectivity index (χ0n) is 25.1. The van der Waals surface area contributed by atoms with Gasteiger partial charge in [-0.15, -0.1) is 0 Å². The summed E-state index contributed by atoms with van der Waals surface area (Å²) in [6.45, 7) is 4.20. The first-order valence-corrected chi connectivity index (χ1v) is 16.2. The number of nitrogens with one attached hydrogen (secondary N) is 1. The topological polar surface area (TPSA) is 73.3 Å². The van der Waals surface area contributed by atoms with Crippen molar-refractivity contribution in [1.29, 1.82) is 0 Å². The summed E-state index contributed by atoms with van der Waals surface area (Å²) in [5.41, 5.74) is 15.5. The highest BCUT2D eigenvalue weighted by molar-refractivity contribution is 5.32. The van der Waals surface area contributed by atoms with Crippen LogP contribution >= 0.6 is 0 Å². The van der Waals surface area contributed by atoms with Crippen molar-refractivity contribution in [3.05, 3.63) is 71.3 Å². The predicted octanol–water partition coefficient (Wildman–Crippen LogP) is 8.43. The molecule has 2 unspecified atom stereocenters. The molecule has 0 fully saturated rings. The minimum atomic E-state index is -0.397. The van der Waals surface area contributed by atoms with E-state index in [0.29, 0.717) is 13.1 Å². The minimum Gasteiger partial charge on any atom is -0.350 e. The third-order valence-electron chi connectivity index (χ3n) is 7.68. The molecule has 2 rings (SSSR count). The van der Waals surface area contributed by atoms with Crippen molar-refractivity contribution in [2.45, 2.75) is 128 Å². The van der Waals surface area contributed by atoms with Crippen LogP contribution in [0.5, 0.6) is 0 Å². The SMILES string of the molecule is CCCCCCCCCCCCCCCCCCc1ccc(C(OC(N)CNCCN)c2ccccc2)cc1. The molecule has 220 valence electrons. The Kier molecular flexibility index (Phi) is 19.8. The molecular weight excluding hydrogens is 478 g/mol. The van der Waals surface area contributed by atoms with Crippen LogP contribution < -0.4 is 16.8 Å². The maximum Gasteiger partial charge on any atom is 0.119 e. The van der Waals surface area contributed by atoms with Gasteiger partial charge in [-0.25, -0.2) is 0 Å². The molecule has 0 heterocycles. The minimum absolute atomic E-state index is 0.175. The third-order valence-corrected chi connectivity index (χ3v) is 7.68. The van der Waals surface area contributed by atoms with Gasteiger partial charge in [0.05, 0.1) is 0 Å². The van der Waals surface area contributed by atoms with Crippen molar-refractivity contribution in [3.8, 4) is 0 Å².